The maximum Gasteiger partial charge on any atom is 0.279 e. The third kappa shape index (κ3) is 5.11. The van der Waals surface area contributed by atoms with Crippen LogP contribution in [0.4, 0.5) is 0 Å². The van der Waals surface area contributed by atoms with Gasteiger partial charge in [0, 0.05) is 30.4 Å². The molecule has 10 nitrogen and oxygen atoms in total. The van der Waals surface area contributed by atoms with Gasteiger partial charge >= 0.3 is 0 Å². The Kier molecular flexibility index (Phi) is 7.01. The van der Waals surface area contributed by atoms with Crippen LogP contribution in [0.15, 0.2) is 71.8 Å². The van der Waals surface area contributed by atoms with Crippen LogP contribution >= 0.6 is 0 Å². The molecule has 0 aliphatic carbocycles. The van der Waals surface area contributed by atoms with Crippen LogP contribution in [-0.2, 0) is 11.3 Å². The molecule has 2 heterocycles. The van der Waals surface area contributed by atoms with E-state index in [2.05, 4.69) is 20.7 Å². The van der Waals surface area contributed by atoms with Crippen molar-refractivity contribution in [3.63, 3.8) is 0 Å². The van der Waals surface area contributed by atoms with Gasteiger partial charge in [-0.25, -0.2) is 0 Å². The summed E-state index contributed by atoms with van der Waals surface area (Å²) in [7, 11) is 2.99. The SMILES string of the molecule is COc1ccc(-n2nc(C(=O)NCC(=O)NCc3cccnc3)c3ccccc3c2=O)cc1OC. The van der Waals surface area contributed by atoms with Gasteiger partial charge in [-0.3, -0.25) is 19.4 Å². The van der Waals surface area contributed by atoms with Crippen LogP contribution in [0.2, 0.25) is 0 Å². The van der Waals surface area contributed by atoms with Crippen LogP contribution < -0.4 is 25.7 Å². The maximum atomic E-state index is 13.2. The van der Waals surface area contributed by atoms with Crippen LogP contribution in [0.1, 0.15) is 16.1 Å². The van der Waals surface area contributed by atoms with Gasteiger partial charge in [-0.1, -0.05) is 24.3 Å². The number of benzene rings is 2. The molecule has 0 aliphatic heterocycles. The third-order valence-corrected chi connectivity index (χ3v) is 5.25. The zero-order valence-corrected chi connectivity index (χ0v) is 19.1. The summed E-state index contributed by atoms with van der Waals surface area (Å²) in [5.74, 6) is -0.0739. The van der Waals surface area contributed by atoms with E-state index >= 15 is 0 Å². The Bertz CT molecular complexity index is 1440. The van der Waals surface area contributed by atoms with Gasteiger partial charge in [-0.15, -0.1) is 0 Å². The maximum absolute atomic E-state index is 13.2. The van der Waals surface area contributed by atoms with Crippen LogP contribution in [0.25, 0.3) is 16.5 Å². The first kappa shape index (κ1) is 23.4. The highest BCUT2D eigenvalue weighted by molar-refractivity contribution is 6.05. The predicted molar refractivity (Wildman–Crippen MR) is 129 cm³/mol. The van der Waals surface area contributed by atoms with E-state index in [1.807, 2.05) is 6.07 Å². The number of ether oxygens (including phenoxy) is 2. The van der Waals surface area contributed by atoms with E-state index in [1.165, 1.54) is 14.2 Å². The summed E-state index contributed by atoms with van der Waals surface area (Å²) in [6, 6.07) is 15.1. The highest BCUT2D eigenvalue weighted by atomic mass is 16.5. The Balaban J connectivity index is 1.61. The lowest BCUT2D eigenvalue weighted by Crippen LogP contribution is -2.38. The first-order chi connectivity index (χ1) is 17.0. The summed E-state index contributed by atoms with van der Waals surface area (Å²) < 4.78 is 11.7. The molecule has 0 radical (unpaired) electrons. The molecule has 0 bridgehead atoms. The lowest BCUT2D eigenvalue weighted by Gasteiger charge is -2.13. The largest absolute Gasteiger partial charge is 0.493 e. The number of carbonyl (C=O) groups excluding carboxylic acids is 2. The molecule has 4 aromatic rings. The lowest BCUT2D eigenvalue weighted by atomic mass is 10.1. The molecule has 0 atom stereocenters. The summed E-state index contributed by atoms with van der Waals surface area (Å²) in [4.78, 5) is 42.4. The minimum absolute atomic E-state index is 0.00930. The molecule has 2 aromatic heterocycles. The van der Waals surface area contributed by atoms with Gasteiger partial charge < -0.3 is 20.1 Å². The number of fused-ring (bicyclic) bond motifs is 1. The zero-order chi connectivity index (χ0) is 24.8. The van der Waals surface area contributed by atoms with Crippen molar-refractivity contribution in [2.75, 3.05) is 20.8 Å². The fraction of sp³-hybridized carbons (Fsp3) is 0.160. The average Bonchev–Trinajstić information content (AvgIpc) is 2.91. The van der Waals surface area contributed by atoms with Gasteiger partial charge in [0.15, 0.2) is 17.2 Å². The molecule has 2 N–H and O–H groups in total. The number of rotatable bonds is 8. The Hall–Kier alpha value is -4.73. The molecule has 35 heavy (non-hydrogen) atoms. The van der Waals surface area contributed by atoms with Crippen molar-refractivity contribution in [3.05, 3.63) is 88.6 Å². The Morgan fingerprint density at radius 2 is 1.71 bits per heavy atom. The third-order valence-electron chi connectivity index (χ3n) is 5.25. The number of pyridine rings is 1. The summed E-state index contributed by atoms with van der Waals surface area (Å²) in [6.45, 7) is 0.0263. The number of methoxy groups -OCH3 is 2. The molecular formula is C25H23N5O5. The molecule has 178 valence electrons. The van der Waals surface area contributed by atoms with Crippen molar-refractivity contribution in [3.8, 4) is 17.2 Å². The van der Waals surface area contributed by atoms with Gasteiger partial charge in [0.05, 0.1) is 31.8 Å². The van der Waals surface area contributed by atoms with Gasteiger partial charge in [0.2, 0.25) is 5.91 Å². The Morgan fingerprint density at radius 1 is 0.943 bits per heavy atom. The van der Waals surface area contributed by atoms with E-state index in [0.717, 1.165) is 10.2 Å². The van der Waals surface area contributed by atoms with Crippen LogP contribution in [0, 0.1) is 0 Å². The fourth-order valence-corrected chi connectivity index (χ4v) is 3.50. The van der Waals surface area contributed by atoms with Gasteiger partial charge in [0.1, 0.15) is 0 Å². The normalized spacial score (nSPS) is 10.6. The van der Waals surface area contributed by atoms with Gasteiger partial charge in [0.25, 0.3) is 11.5 Å². The molecule has 4 rings (SSSR count). The van der Waals surface area contributed by atoms with Gasteiger partial charge in [-0.05, 0) is 29.8 Å². The first-order valence-electron chi connectivity index (χ1n) is 10.7. The number of nitrogens with one attached hydrogen (secondary N) is 2. The molecule has 0 saturated carbocycles. The van der Waals surface area contributed by atoms with Crippen molar-refractivity contribution >= 4 is 22.6 Å². The summed E-state index contributed by atoms with van der Waals surface area (Å²) >= 11 is 0. The first-order valence-corrected chi connectivity index (χ1v) is 10.7. The predicted octanol–water partition coefficient (Wildman–Crippen LogP) is 1.84. The average molecular weight is 473 g/mol. The molecule has 10 heteroatoms. The summed E-state index contributed by atoms with van der Waals surface area (Å²) in [6.07, 6.45) is 3.29. The number of carbonyl (C=O) groups is 2. The van der Waals surface area contributed by atoms with Crippen molar-refractivity contribution in [2.45, 2.75) is 6.54 Å². The van der Waals surface area contributed by atoms with Crippen LogP contribution in [0.5, 0.6) is 11.5 Å². The second-order valence-corrected chi connectivity index (χ2v) is 7.47. The number of aromatic nitrogens is 3. The number of nitrogens with zero attached hydrogens (tertiary/aromatic N) is 3. The van der Waals surface area contributed by atoms with Crippen LogP contribution in [0.3, 0.4) is 0 Å². The van der Waals surface area contributed by atoms with E-state index in [9.17, 15) is 14.4 Å². The zero-order valence-electron chi connectivity index (χ0n) is 19.1. The molecule has 0 aliphatic rings. The van der Waals surface area contributed by atoms with Crippen LogP contribution in [-0.4, -0.2) is 47.3 Å². The number of amides is 2. The van der Waals surface area contributed by atoms with E-state index in [4.69, 9.17) is 9.47 Å². The monoisotopic (exact) mass is 473 g/mol. The smallest absolute Gasteiger partial charge is 0.279 e. The second-order valence-electron chi connectivity index (χ2n) is 7.47. The highest BCUT2D eigenvalue weighted by Gasteiger charge is 2.19. The molecule has 2 aromatic carbocycles. The topological polar surface area (TPSA) is 124 Å². The minimum Gasteiger partial charge on any atom is -0.493 e. The Morgan fingerprint density at radius 3 is 2.43 bits per heavy atom. The number of hydrogen-bond donors (Lipinski definition) is 2. The Labute approximate surface area is 200 Å². The standard InChI is InChI=1S/C25H23N5O5/c1-34-20-10-9-17(12-21(20)35-2)30-25(33)19-8-4-3-7-18(19)23(29-30)24(32)28-15-22(31)27-14-16-6-5-11-26-13-16/h3-13H,14-15H2,1-2H3,(H,27,31)(H,28,32). The fourth-order valence-electron chi connectivity index (χ4n) is 3.50. The number of hydrogen-bond acceptors (Lipinski definition) is 7. The summed E-state index contributed by atoms with van der Waals surface area (Å²) in [5.41, 5.74) is 0.831. The van der Waals surface area contributed by atoms with E-state index < -0.39 is 11.5 Å². The molecule has 0 saturated heterocycles. The summed E-state index contributed by atoms with van der Waals surface area (Å²) in [5, 5.41) is 10.3. The minimum atomic E-state index is -0.591. The van der Waals surface area contributed by atoms with Crippen molar-refractivity contribution in [1.82, 2.24) is 25.4 Å². The molecule has 2 amide bonds. The van der Waals surface area contributed by atoms with Gasteiger partial charge in [-0.2, -0.15) is 9.78 Å². The lowest BCUT2D eigenvalue weighted by molar-refractivity contribution is -0.120. The van der Waals surface area contributed by atoms with E-state index in [1.54, 1.807) is 60.9 Å². The second kappa shape index (κ2) is 10.5. The quantitative estimate of drug-likeness (QED) is 0.400. The highest BCUT2D eigenvalue weighted by Crippen LogP contribution is 2.28. The van der Waals surface area contributed by atoms with E-state index in [0.29, 0.717) is 28.0 Å². The van der Waals surface area contributed by atoms with Crippen molar-refractivity contribution in [2.24, 2.45) is 0 Å². The molecule has 0 spiro atoms. The van der Waals surface area contributed by atoms with Crippen molar-refractivity contribution in [1.29, 1.82) is 0 Å². The molecule has 0 fully saturated rings. The molecule has 0 unspecified atom stereocenters. The van der Waals surface area contributed by atoms with E-state index in [-0.39, 0.29) is 24.7 Å². The molecular weight excluding hydrogens is 450 g/mol. The van der Waals surface area contributed by atoms with Crippen molar-refractivity contribution < 1.29 is 19.1 Å².